The number of hydrogen-bond donors (Lipinski definition) is 2. The number of aliphatic hydroxyl groups is 1. The summed E-state index contributed by atoms with van der Waals surface area (Å²) in [4.78, 5) is 12.7. The molecule has 2 aromatic rings. The van der Waals surface area contributed by atoms with Gasteiger partial charge in [0, 0.05) is 12.5 Å². The zero-order valence-electron chi connectivity index (χ0n) is 13.4. The van der Waals surface area contributed by atoms with Crippen LogP contribution >= 0.6 is 0 Å². The molecule has 3 rings (SSSR count). The SMILES string of the molecule is COc1ccc(C[C@@]2(O)COc3cc(O)ccc3C2=O)cc1OC. The quantitative estimate of drug-likeness (QED) is 0.891. The molecular formula is C18H18O6. The molecule has 0 fully saturated rings. The van der Waals surface area contributed by atoms with Crippen LogP contribution in [0.15, 0.2) is 36.4 Å². The van der Waals surface area contributed by atoms with Gasteiger partial charge in [-0.25, -0.2) is 0 Å². The van der Waals surface area contributed by atoms with Crippen LogP contribution in [0, 0.1) is 0 Å². The first-order chi connectivity index (χ1) is 11.5. The highest BCUT2D eigenvalue weighted by Crippen LogP contribution is 2.35. The van der Waals surface area contributed by atoms with E-state index in [0.29, 0.717) is 17.1 Å². The number of Topliss-reactive ketones (excluding diaryl/α,β-unsaturated/α-hetero) is 1. The molecule has 0 radical (unpaired) electrons. The molecule has 6 heteroatoms. The number of aromatic hydroxyl groups is 1. The fourth-order valence-electron chi connectivity index (χ4n) is 2.79. The number of carbonyl (C=O) groups is 1. The first-order valence-corrected chi connectivity index (χ1v) is 7.41. The van der Waals surface area contributed by atoms with E-state index in [0.717, 1.165) is 0 Å². The van der Waals surface area contributed by atoms with Gasteiger partial charge >= 0.3 is 0 Å². The van der Waals surface area contributed by atoms with E-state index < -0.39 is 11.4 Å². The Morgan fingerprint density at radius 1 is 1.12 bits per heavy atom. The number of benzene rings is 2. The van der Waals surface area contributed by atoms with E-state index >= 15 is 0 Å². The minimum Gasteiger partial charge on any atom is -0.508 e. The maximum atomic E-state index is 12.7. The highest BCUT2D eigenvalue weighted by atomic mass is 16.5. The molecule has 126 valence electrons. The second-order valence-corrected chi connectivity index (χ2v) is 5.70. The lowest BCUT2D eigenvalue weighted by molar-refractivity contribution is -0.00201. The molecule has 0 spiro atoms. The number of hydrogen-bond acceptors (Lipinski definition) is 6. The summed E-state index contributed by atoms with van der Waals surface area (Å²) < 4.78 is 15.9. The van der Waals surface area contributed by atoms with Gasteiger partial charge in [-0.3, -0.25) is 4.79 Å². The molecule has 0 unspecified atom stereocenters. The van der Waals surface area contributed by atoms with Gasteiger partial charge in [0.15, 0.2) is 17.1 Å². The van der Waals surface area contributed by atoms with Gasteiger partial charge in [-0.2, -0.15) is 0 Å². The monoisotopic (exact) mass is 330 g/mol. The fraction of sp³-hybridized carbons (Fsp3) is 0.278. The lowest BCUT2D eigenvalue weighted by Crippen LogP contribution is -2.49. The molecular weight excluding hydrogens is 312 g/mol. The number of ether oxygens (including phenoxy) is 3. The molecule has 6 nitrogen and oxygen atoms in total. The zero-order chi connectivity index (χ0) is 17.3. The van der Waals surface area contributed by atoms with Gasteiger partial charge < -0.3 is 24.4 Å². The summed E-state index contributed by atoms with van der Waals surface area (Å²) in [7, 11) is 3.06. The number of phenols is 1. The third-order valence-corrected chi connectivity index (χ3v) is 4.04. The maximum Gasteiger partial charge on any atom is 0.201 e. The summed E-state index contributed by atoms with van der Waals surface area (Å²) in [5.74, 6) is 0.941. The Kier molecular flexibility index (Phi) is 4.07. The Morgan fingerprint density at radius 2 is 1.88 bits per heavy atom. The van der Waals surface area contributed by atoms with Crippen molar-refractivity contribution in [2.75, 3.05) is 20.8 Å². The molecule has 2 aromatic carbocycles. The molecule has 24 heavy (non-hydrogen) atoms. The number of rotatable bonds is 4. The predicted molar refractivity (Wildman–Crippen MR) is 86.1 cm³/mol. The van der Waals surface area contributed by atoms with Crippen molar-refractivity contribution < 1.29 is 29.2 Å². The van der Waals surface area contributed by atoms with Crippen LogP contribution in [0.5, 0.6) is 23.0 Å². The highest BCUT2D eigenvalue weighted by Gasteiger charge is 2.42. The molecule has 1 atom stereocenters. The molecule has 0 aliphatic carbocycles. The summed E-state index contributed by atoms with van der Waals surface area (Å²) in [6.45, 7) is -0.184. The van der Waals surface area contributed by atoms with Crippen molar-refractivity contribution in [1.29, 1.82) is 0 Å². The van der Waals surface area contributed by atoms with E-state index in [1.165, 1.54) is 32.4 Å². The summed E-state index contributed by atoms with van der Waals surface area (Å²) in [5.41, 5.74) is -0.708. The van der Waals surface area contributed by atoms with Crippen LogP contribution in [0.3, 0.4) is 0 Å². The summed E-state index contributed by atoms with van der Waals surface area (Å²) >= 11 is 0. The Bertz CT molecular complexity index is 785. The van der Waals surface area contributed by atoms with Gasteiger partial charge in [0.25, 0.3) is 0 Å². The van der Waals surface area contributed by atoms with E-state index in [-0.39, 0.29) is 30.1 Å². The van der Waals surface area contributed by atoms with Crippen molar-refractivity contribution >= 4 is 5.78 Å². The van der Waals surface area contributed by atoms with Gasteiger partial charge in [-0.1, -0.05) is 6.07 Å². The number of methoxy groups -OCH3 is 2. The van der Waals surface area contributed by atoms with Crippen molar-refractivity contribution in [3.8, 4) is 23.0 Å². The van der Waals surface area contributed by atoms with Crippen molar-refractivity contribution in [2.45, 2.75) is 12.0 Å². The second kappa shape index (κ2) is 6.05. The van der Waals surface area contributed by atoms with Gasteiger partial charge in [0.05, 0.1) is 19.8 Å². The van der Waals surface area contributed by atoms with Gasteiger partial charge in [-0.15, -0.1) is 0 Å². The third kappa shape index (κ3) is 2.76. The standard InChI is InChI=1S/C18H18O6/c1-22-14-6-3-11(7-16(14)23-2)9-18(21)10-24-15-8-12(19)4-5-13(15)17(18)20/h3-8,19,21H,9-10H2,1-2H3/t18-/m1/s1. The minimum absolute atomic E-state index is 0.00637. The molecule has 2 N–H and O–H groups in total. The highest BCUT2D eigenvalue weighted by molar-refractivity contribution is 6.05. The average molecular weight is 330 g/mol. The first kappa shape index (κ1) is 16.1. The normalized spacial score (nSPS) is 19.4. The van der Waals surface area contributed by atoms with Gasteiger partial charge in [0.1, 0.15) is 18.1 Å². The van der Waals surface area contributed by atoms with Crippen molar-refractivity contribution in [2.24, 2.45) is 0 Å². The molecule has 1 aliphatic rings. The van der Waals surface area contributed by atoms with E-state index in [4.69, 9.17) is 14.2 Å². The molecule has 1 heterocycles. The smallest absolute Gasteiger partial charge is 0.201 e. The van der Waals surface area contributed by atoms with Gasteiger partial charge in [-0.05, 0) is 29.8 Å². The van der Waals surface area contributed by atoms with Crippen LogP contribution in [0.1, 0.15) is 15.9 Å². The second-order valence-electron chi connectivity index (χ2n) is 5.70. The fourth-order valence-corrected chi connectivity index (χ4v) is 2.79. The summed E-state index contributed by atoms with van der Waals surface area (Å²) in [6.07, 6.45) is 0.0759. The topological polar surface area (TPSA) is 85.2 Å². The molecule has 0 bridgehead atoms. The van der Waals surface area contributed by atoms with Crippen LogP contribution in [0.2, 0.25) is 0 Å². The molecule has 1 aliphatic heterocycles. The molecule has 0 amide bonds. The lowest BCUT2D eigenvalue weighted by atomic mass is 9.85. The lowest BCUT2D eigenvalue weighted by Gasteiger charge is -2.32. The summed E-state index contributed by atoms with van der Waals surface area (Å²) in [6, 6.07) is 9.41. The maximum absolute atomic E-state index is 12.7. The Morgan fingerprint density at radius 3 is 2.58 bits per heavy atom. The van der Waals surface area contributed by atoms with Crippen LogP contribution in [0.4, 0.5) is 0 Å². The van der Waals surface area contributed by atoms with Crippen LogP contribution < -0.4 is 14.2 Å². The molecule has 0 saturated heterocycles. The predicted octanol–water partition coefficient (Wildman–Crippen LogP) is 1.96. The minimum atomic E-state index is -1.68. The molecule has 0 aromatic heterocycles. The number of ketones is 1. The van der Waals surface area contributed by atoms with Crippen molar-refractivity contribution in [1.82, 2.24) is 0 Å². The summed E-state index contributed by atoms with van der Waals surface area (Å²) in [5, 5.41) is 20.3. The Labute approximate surface area is 139 Å². The number of phenolic OH excluding ortho intramolecular Hbond substituents is 1. The van der Waals surface area contributed by atoms with Gasteiger partial charge in [0.2, 0.25) is 5.78 Å². The van der Waals surface area contributed by atoms with E-state index in [1.54, 1.807) is 18.2 Å². The third-order valence-electron chi connectivity index (χ3n) is 4.04. The van der Waals surface area contributed by atoms with E-state index in [9.17, 15) is 15.0 Å². The van der Waals surface area contributed by atoms with E-state index in [2.05, 4.69) is 0 Å². The largest absolute Gasteiger partial charge is 0.508 e. The van der Waals surface area contributed by atoms with Crippen LogP contribution in [0.25, 0.3) is 0 Å². The van der Waals surface area contributed by atoms with Crippen LogP contribution in [-0.4, -0.2) is 42.4 Å². The first-order valence-electron chi connectivity index (χ1n) is 7.41. The Balaban J connectivity index is 1.90. The number of carbonyl (C=O) groups excluding carboxylic acids is 1. The Hall–Kier alpha value is -2.73. The zero-order valence-corrected chi connectivity index (χ0v) is 13.4. The van der Waals surface area contributed by atoms with Crippen molar-refractivity contribution in [3.63, 3.8) is 0 Å². The van der Waals surface area contributed by atoms with Crippen molar-refractivity contribution in [3.05, 3.63) is 47.5 Å². The average Bonchev–Trinajstić information content (AvgIpc) is 2.58. The molecule has 0 saturated carbocycles. The van der Waals surface area contributed by atoms with Crippen LogP contribution in [-0.2, 0) is 6.42 Å². The van der Waals surface area contributed by atoms with E-state index in [1.807, 2.05) is 0 Å². The number of fused-ring (bicyclic) bond motifs is 1.